The van der Waals surface area contributed by atoms with Gasteiger partial charge in [0.25, 0.3) is 0 Å². The molecule has 0 spiro atoms. The van der Waals surface area contributed by atoms with E-state index in [-0.39, 0.29) is 45.6 Å². The van der Waals surface area contributed by atoms with Crippen molar-refractivity contribution >= 4 is 17.8 Å². The molecule has 1 atom stereocenters. The van der Waals surface area contributed by atoms with Gasteiger partial charge in [0.2, 0.25) is 11.8 Å². The SMILES string of the molecule is O=C(NCC1(C(=O)O)CCOCC1)C1CC(=O)N(CC(F)(F)F)C1. The lowest BCUT2D eigenvalue weighted by atomic mass is 9.80. The first-order valence-corrected chi connectivity index (χ1v) is 7.56. The summed E-state index contributed by atoms with van der Waals surface area (Å²) in [6, 6.07) is 0. The Bertz CT molecular complexity index is 517. The van der Waals surface area contributed by atoms with E-state index >= 15 is 0 Å². The molecular weight excluding hydrogens is 333 g/mol. The number of nitrogens with one attached hydrogen (secondary N) is 1. The van der Waals surface area contributed by atoms with E-state index in [9.17, 15) is 32.7 Å². The van der Waals surface area contributed by atoms with Crippen molar-refractivity contribution in [2.75, 3.05) is 32.8 Å². The second-order valence-electron chi connectivity index (χ2n) is 6.21. The predicted molar refractivity (Wildman–Crippen MR) is 73.9 cm³/mol. The molecule has 2 fully saturated rings. The van der Waals surface area contributed by atoms with Gasteiger partial charge in [0.15, 0.2) is 0 Å². The van der Waals surface area contributed by atoms with E-state index in [1.54, 1.807) is 0 Å². The summed E-state index contributed by atoms with van der Waals surface area (Å²) in [6.45, 7) is -1.29. The zero-order valence-electron chi connectivity index (χ0n) is 12.9. The Morgan fingerprint density at radius 1 is 1.33 bits per heavy atom. The average Bonchev–Trinajstić information content (AvgIpc) is 2.85. The van der Waals surface area contributed by atoms with Crippen molar-refractivity contribution in [1.29, 1.82) is 0 Å². The fourth-order valence-corrected chi connectivity index (χ4v) is 2.95. The van der Waals surface area contributed by atoms with Gasteiger partial charge in [-0.25, -0.2) is 0 Å². The van der Waals surface area contributed by atoms with Crippen LogP contribution in [0.1, 0.15) is 19.3 Å². The molecule has 10 heteroatoms. The highest BCUT2D eigenvalue weighted by atomic mass is 19.4. The smallest absolute Gasteiger partial charge is 0.406 e. The Balaban J connectivity index is 1.91. The van der Waals surface area contributed by atoms with Gasteiger partial charge in [0, 0.05) is 32.7 Å². The maximum absolute atomic E-state index is 12.4. The van der Waals surface area contributed by atoms with E-state index in [4.69, 9.17) is 4.74 Å². The summed E-state index contributed by atoms with van der Waals surface area (Å²) < 4.78 is 42.2. The number of hydrogen-bond acceptors (Lipinski definition) is 4. The molecule has 2 heterocycles. The number of halogens is 3. The summed E-state index contributed by atoms with van der Waals surface area (Å²) in [5, 5.41) is 11.9. The topological polar surface area (TPSA) is 95.9 Å². The van der Waals surface area contributed by atoms with Crippen LogP contribution in [0.3, 0.4) is 0 Å². The number of likely N-dealkylation sites (tertiary alicyclic amines) is 1. The number of carboxylic acid groups (broad SMARTS) is 1. The van der Waals surface area contributed by atoms with Crippen LogP contribution in [0.5, 0.6) is 0 Å². The molecule has 1 unspecified atom stereocenters. The molecule has 0 bridgehead atoms. The van der Waals surface area contributed by atoms with Gasteiger partial charge in [-0.2, -0.15) is 13.2 Å². The van der Waals surface area contributed by atoms with Crippen LogP contribution in [0.25, 0.3) is 0 Å². The lowest BCUT2D eigenvalue weighted by Crippen LogP contribution is -2.48. The minimum absolute atomic E-state index is 0.130. The predicted octanol–water partition coefficient (Wildman–Crippen LogP) is 0.395. The van der Waals surface area contributed by atoms with Crippen LogP contribution in [-0.2, 0) is 19.1 Å². The summed E-state index contributed by atoms with van der Waals surface area (Å²) in [5.74, 6) is -3.27. The molecule has 136 valence electrons. The first-order valence-electron chi connectivity index (χ1n) is 7.56. The molecule has 0 aromatic carbocycles. The van der Waals surface area contributed by atoms with Gasteiger partial charge in [-0.05, 0) is 12.8 Å². The summed E-state index contributed by atoms with van der Waals surface area (Å²) in [6.07, 6.45) is -4.33. The van der Waals surface area contributed by atoms with Gasteiger partial charge in [-0.15, -0.1) is 0 Å². The Kier molecular flexibility index (Phi) is 5.36. The van der Waals surface area contributed by atoms with E-state index in [1.807, 2.05) is 0 Å². The Morgan fingerprint density at radius 2 is 1.96 bits per heavy atom. The molecule has 2 saturated heterocycles. The van der Waals surface area contributed by atoms with Gasteiger partial charge in [0.05, 0.1) is 11.3 Å². The molecule has 2 rings (SSSR count). The molecule has 0 aromatic rings. The number of carbonyl (C=O) groups is 3. The van der Waals surface area contributed by atoms with E-state index in [0.29, 0.717) is 4.90 Å². The van der Waals surface area contributed by atoms with Crippen LogP contribution in [0.15, 0.2) is 0 Å². The van der Waals surface area contributed by atoms with Crippen molar-refractivity contribution in [3.63, 3.8) is 0 Å². The van der Waals surface area contributed by atoms with Gasteiger partial charge < -0.3 is 20.1 Å². The molecule has 2 amide bonds. The van der Waals surface area contributed by atoms with Gasteiger partial charge in [-0.1, -0.05) is 0 Å². The third-order valence-corrected chi connectivity index (χ3v) is 4.46. The van der Waals surface area contributed by atoms with Crippen LogP contribution in [0.2, 0.25) is 0 Å². The molecule has 2 N–H and O–H groups in total. The van der Waals surface area contributed by atoms with Gasteiger partial charge in [-0.3, -0.25) is 14.4 Å². The monoisotopic (exact) mass is 352 g/mol. The van der Waals surface area contributed by atoms with E-state index in [2.05, 4.69) is 5.32 Å². The fourth-order valence-electron chi connectivity index (χ4n) is 2.95. The second kappa shape index (κ2) is 6.96. The quantitative estimate of drug-likeness (QED) is 0.747. The third kappa shape index (κ3) is 4.37. The lowest BCUT2D eigenvalue weighted by Gasteiger charge is -2.33. The summed E-state index contributed by atoms with van der Waals surface area (Å²) in [7, 11) is 0. The molecule has 0 aliphatic carbocycles. The first kappa shape index (κ1) is 18.5. The number of aliphatic carboxylic acids is 1. The molecule has 2 aliphatic heterocycles. The van der Waals surface area contributed by atoms with Crippen molar-refractivity contribution in [2.45, 2.75) is 25.4 Å². The maximum atomic E-state index is 12.4. The van der Waals surface area contributed by atoms with Crippen LogP contribution >= 0.6 is 0 Å². The molecule has 2 aliphatic rings. The third-order valence-electron chi connectivity index (χ3n) is 4.46. The molecule has 0 aromatic heterocycles. The highest BCUT2D eigenvalue weighted by Crippen LogP contribution is 2.30. The molecule has 0 radical (unpaired) electrons. The van der Waals surface area contributed by atoms with Crippen LogP contribution < -0.4 is 5.32 Å². The lowest BCUT2D eigenvalue weighted by molar-refractivity contribution is -0.157. The summed E-state index contributed by atoms with van der Waals surface area (Å²) >= 11 is 0. The number of nitrogens with zero attached hydrogens (tertiary/aromatic N) is 1. The second-order valence-corrected chi connectivity index (χ2v) is 6.21. The van der Waals surface area contributed by atoms with Crippen LogP contribution in [0.4, 0.5) is 13.2 Å². The number of carboxylic acids is 1. The number of hydrogen-bond donors (Lipinski definition) is 2. The number of amides is 2. The van der Waals surface area contributed by atoms with E-state index < -0.39 is 41.8 Å². The van der Waals surface area contributed by atoms with Crippen molar-refractivity contribution < 1.29 is 37.4 Å². The average molecular weight is 352 g/mol. The number of alkyl halides is 3. The van der Waals surface area contributed by atoms with E-state index in [1.165, 1.54) is 0 Å². The maximum Gasteiger partial charge on any atom is 0.406 e. The number of rotatable bonds is 5. The highest BCUT2D eigenvalue weighted by Gasteiger charge is 2.43. The highest BCUT2D eigenvalue weighted by molar-refractivity contribution is 5.89. The molecular formula is C14H19F3N2O5. The zero-order chi connectivity index (χ0) is 18.0. The molecule has 0 saturated carbocycles. The van der Waals surface area contributed by atoms with Crippen molar-refractivity contribution in [1.82, 2.24) is 10.2 Å². The fraction of sp³-hybridized carbons (Fsp3) is 0.786. The van der Waals surface area contributed by atoms with Crippen LogP contribution in [0, 0.1) is 11.3 Å². The number of carbonyl (C=O) groups excluding carboxylic acids is 2. The summed E-state index contributed by atoms with van der Waals surface area (Å²) in [4.78, 5) is 35.8. The van der Waals surface area contributed by atoms with Gasteiger partial charge >= 0.3 is 12.1 Å². The molecule has 7 nitrogen and oxygen atoms in total. The first-order chi connectivity index (χ1) is 11.1. The van der Waals surface area contributed by atoms with Crippen LogP contribution in [-0.4, -0.2) is 66.8 Å². The van der Waals surface area contributed by atoms with Gasteiger partial charge in [0.1, 0.15) is 6.54 Å². The zero-order valence-corrected chi connectivity index (χ0v) is 12.9. The normalized spacial score (nSPS) is 24.0. The molecule has 24 heavy (non-hydrogen) atoms. The van der Waals surface area contributed by atoms with E-state index in [0.717, 1.165) is 0 Å². The Morgan fingerprint density at radius 3 is 2.50 bits per heavy atom. The van der Waals surface area contributed by atoms with Crippen molar-refractivity contribution in [3.05, 3.63) is 0 Å². The van der Waals surface area contributed by atoms with Crippen molar-refractivity contribution in [3.8, 4) is 0 Å². The number of ether oxygens (including phenoxy) is 1. The standard InChI is InChI=1S/C14H19F3N2O5/c15-14(16,17)8-19-6-9(5-10(19)20)11(21)18-7-13(12(22)23)1-3-24-4-2-13/h9H,1-8H2,(H,18,21)(H,22,23). The Hall–Kier alpha value is -1.84. The Labute approximate surface area is 136 Å². The summed E-state index contributed by atoms with van der Waals surface area (Å²) in [5.41, 5.74) is -1.14. The minimum atomic E-state index is -4.52. The largest absolute Gasteiger partial charge is 0.481 e. The van der Waals surface area contributed by atoms with Crippen molar-refractivity contribution in [2.24, 2.45) is 11.3 Å². The minimum Gasteiger partial charge on any atom is -0.481 e.